The molecule has 3 aliphatic heterocycles. The van der Waals surface area contributed by atoms with Gasteiger partial charge in [0.15, 0.2) is 0 Å². The lowest BCUT2D eigenvalue weighted by atomic mass is 9.85. The zero-order chi connectivity index (χ0) is 44.2. The van der Waals surface area contributed by atoms with Crippen LogP contribution in [0, 0.1) is 5.92 Å². The minimum atomic E-state index is -4.68. The fourth-order valence-electron chi connectivity index (χ4n) is 10.2. The summed E-state index contributed by atoms with van der Waals surface area (Å²) >= 11 is 0. The maximum atomic E-state index is 13.5. The molecule has 63 heavy (non-hydrogen) atoms. The first kappa shape index (κ1) is 42.5. The number of imidazole rings is 1. The number of para-hydroxylation sites is 1. The van der Waals surface area contributed by atoms with Crippen LogP contribution in [0.3, 0.4) is 0 Å². The molecule has 3 N–H and O–H groups in total. The Hall–Kier alpha value is -5.75. The number of carbonyl (C=O) groups excluding carboxylic acids is 3. The van der Waals surface area contributed by atoms with Crippen LogP contribution in [0.5, 0.6) is 0 Å². The van der Waals surface area contributed by atoms with Gasteiger partial charge >= 0.3 is 11.9 Å². The number of pyridine rings is 1. The number of benzene rings is 2. The third-order valence-corrected chi connectivity index (χ3v) is 13.7. The predicted octanol–water partition coefficient (Wildman–Crippen LogP) is 5.63. The van der Waals surface area contributed by atoms with Crippen molar-refractivity contribution in [3.63, 3.8) is 0 Å². The number of imide groups is 1. The Morgan fingerprint density at radius 3 is 2.32 bits per heavy atom. The molecule has 3 aromatic heterocycles. The third kappa shape index (κ3) is 8.54. The first-order valence-corrected chi connectivity index (χ1v) is 22.0. The molecule has 2 aromatic carbocycles. The summed E-state index contributed by atoms with van der Waals surface area (Å²) in [4.78, 5) is 61.9. The molecule has 4 fully saturated rings. The van der Waals surface area contributed by atoms with Crippen LogP contribution in [0.15, 0.2) is 59.5 Å². The monoisotopic (exact) mass is 870 g/mol. The van der Waals surface area contributed by atoms with E-state index in [9.17, 15) is 37.5 Å². The number of aromatic nitrogens is 5. The van der Waals surface area contributed by atoms with Crippen molar-refractivity contribution in [1.29, 1.82) is 0 Å². The van der Waals surface area contributed by atoms with Gasteiger partial charge in [0.1, 0.15) is 17.4 Å². The lowest BCUT2D eigenvalue weighted by Gasteiger charge is -2.40. The van der Waals surface area contributed by atoms with Crippen LogP contribution in [0.1, 0.15) is 92.5 Å². The van der Waals surface area contributed by atoms with Crippen molar-refractivity contribution in [2.75, 3.05) is 54.9 Å². The number of aliphatic hydroxyl groups is 1. The summed E-state index contributed by atoms with van der Waals surface area (Å²) in [7, 11) is 3.96. The second-order valence-corrected chi connectivity index (χ2v) is 17.8. The number of rotatable bonds is 9. The van der Waals surface area contributed by atoms with Crippen LogP contribution in [0.2, 0.25) is 0 Å². The van der Waals surface area contributed by atoms with Gasteiger partial charge in [-0.3, -0.25) is 33.5 Å². The highest BCUT2D eigenvalue weighted by Crippen LogP contribution is 2.38. The summed E-state index contributed by atoms with van der Waals surface area (Å²) in [5, 5.41) is 21.2. The van der Waals surface area contributed by atoms with Gasteiger partial charge in [-0.1, -0.05) is 12.1 Å². The molecule has 1 unspecified atom stereocenters. The Labute approximate surface area is 361 Å². The first-order chi connectivity index (χ1) is 30.2. The number of fused-ring (bicyclic) bond motifs is 2. The van der Waals surface area contributed by atoms with Gasteiger partial charge in [0.25, 0.3) is 5.91 Å². The van der Waals surface area contributed by atoms with E-state index >= 15 is 0 Å². The maximum absolute atomic E-state index is 13.5. The average molecular weight is 871 g/mol. The van der Waals surface area contributed by atoms with Crippen molar-refractivity contribution in [3.05, 3.63) is 76.6 Å². The molecule has 9 rings (SSSR count). The quantitative estimate of drug-likeness (QED) is 0.159. The molecule has 1 saturated carbocycles. The van der Waals surface area contributed by atoms with Crippen molar-refractivity contribution in [1.82, 2.24) is 34.1 Å². The van der Waals surface area contributed by atoms with E-state index in [-0.39, 0.29) is 29.8 Å². The molecular formula is C45H53F3N10O5. The zero-order valence-corrected chi connectivity index (χ0v) is 35.5. The van der Waals surface area contributed by atoms with E-state index in [1.165, 1.54) is 16.7 Å². The fourth-order valence-corrected chi connectivity index (χ4v) is 10.2. The molecule has 1 atom stereocenters. The number of hydrogen-bond donors (Lipinski definition) is 3. The number of nitrogens with zero attached hydrogens (tertiary/aromatic N) is 8. The van der Waals surface area contributed by atoms with Crippen LogP contribution in [0.25, 0.3) is 21.9 Å². The van der Waals surface area contributed by atoms with Crippen LogP contribution in [-0.2, 0) is 22.8 Å². The highest BCUT2D eigenvalue weighted by Gasteiger charge is 2.35. The molecule has 18 heteroatoms. The van der Waals surface area contributed by atoms with Gasteiger partial charge in [-0.15, -0.1) is 0 Å². The van der Waals surface area contributed by atoms with Crippen LogP contribution >= 0.6 is 0 Å². The van der Waals surface area contributed by atoms with E-state index in [1.807, 2.05) is 41.2 Å². The summed E-state index contributed by atoms with van der Waals surface area (Å²) in [5.41, 5.74) is 2.62. The Balaban J connectivity index is 0.831. The van der Waals surface area contributed by atoms with Crippen molar-refractivity contribution in [2.45, 2.75) is 94.6 Å². The molecule has 5 aromatic rings. The molecule has 1 aliphatic carbocycles. The summed E-state index contributed by atoms with van der Waals surface area (Å²) in [5.74, 6) is -0.964. The van der Waals surface area contributed by atoms with Gasteiger partial charge in [0, 0.05) is 63.8 Å². The molecule has 0 radical (unpaired) electrons. The molecule has 15 nitrogen and oxygen atoms in total. The largest absolute Gasteiger partial charge is 0.433 e. The van der Waals surface area contributed by atoms with Crippen LogP contribution in [-0.4, -0.2) is 104 Å². The second kappa shape index (κ2) is 17.1. The van der Waals surface area contributed by atoms with Gasteiger partial charge in [0.05, 0.1) is 45.8 Å². The van der Waals surface area contributed by atoms with E-state index in [2.05, 4.69) is 37.4 Å². The number of hydrogen-bond acceptors (Lipinski definition) is 10. The van der Waals surface area contributed by atoms with Gasteiger partial charge in [-0.2, -0.15) is 18.3 Å². The Morgan fingerprint density at radius 1 is 0.905 bits per heavy atom. The number of carbonyl (C=O) groups is 3. The predicted molar refractivity (Wildman–Crippen MR) is 232 cm³/mol. The Morgan fingerprint density at radius 2 is 1.60 bits per heavy atom. The highest BCUT2D eigenvalue weighted by molar-refractivity contribution is 6.06. The van der Waals surface area contributed by atoms with E-state index in [1.54, 1.807) is 11.6 Å². The molecule has 4 aliphatic rings. The second-order valence-electron chi connectivity index (χ2n) is 17.8. The number of piperidine rings is 3. The minimum Gasteiger partial charge on any atom is -0.393 e. The lowest BCUT2D eigenvalue weighted by molar-refractivity contribution is -0.141. The Bertz CT molecular complexity index is 2600. The fraction of sp³-hybridized carbons (Fsp3) is 0.511. The van der Waals surface area contributed by atoms with Crippen molar-refractivity contribution < 1.29 is 32.7 Å². The SMILES string of the molecule is CN(CC1CCC(n2cc3cc(NC(=O)c4cccc(C(F)(F)F)n4)c(N4CCC(O)CC4)cc3n2)CC1)C1CCN(c2cccc3c2n(C)c(=O)n3C2CCC(=O)NC2=O)CC1. The molecule has 6 heterocycles. The van der Waals surface area contributed by atoms with Gasteiger partial charge < -0.3 is 25.1 Å². The topological polar surface area (TPSA) is 163 Å². The van der Waals surface area contributed by atoms with Crippen LogP contribution < -0.4 is 26.1 Å². The minimum absolute atomic E-state index is 0.195. The van der Waals surface area contributed by atoms with E-state index in [4.69, 9.17) is 5.10 Å². The number of alkyl halides is 3. The summed E-state index contributed by atoms with van der Waals surface area (Å²) in [6.45, 7) is 3.77. The number of aliphatic hydroxyl groups excluding tert-OH is 1. The third-order valence-electron chi connectivity index (χ3n) is 13.7. The van der Waals surface area contributed by atoms with Gasteiger partial charge in [-0.25, -0.2) is 9.78 Å². The molecule has 0 spiro atoms. The van der Waals surface area contributed by atoms with E-state index < -0.39 is 35.8 Å². The highest BCUT2D eigenvalue weighted by atomic mass is 19.4. The van der Waals surface area contributed by atoms with Crippen molar-refractivity contribution in [2.24, 2.45) is 13.0 Å². The number of halogens is 3. The summed E-state index contributed by atoms with van der Waals surface area (Å²) < 4.78 is 45.4. The molecule has 0 bridgehead atoms. The molecule has 3 amide bonds. The zero-order valence-electron chi connectivity index (χ0n) is 35.5. The molecular weight excluding hydrogens is 818 g/mol. The van der Waals surface area contributed by atoms with Crippen molar-refractivity contribution in [3.8, 4) is 0 Å². The maximum Gasteiger partial charge on any atom is 0.433 e. The molecule has 334 valence electrons. The van der Waals surface area contributed by atoms with E-state index in [0.717, 1.165) is 86.3 Å². The summed E-state index contributed by atoms with van der Waals surface area (Å²) in [6.07, 6.45) is 4.47. The van der Waals surface area contributed by atoms with Gasteiger partial charge in [-0.05, 0) is 107 Å². The molecule has 3 saturated heterocycles. The number of amides is 3. The van der Waals surface area contributed by atoms with Gasteiger partial charge in [0.2, 0.25) is 11.8 Å². The average Bonchev–Trinajstić information content (AvgIpc) is 3.80. The van der Waals surface area contributed by atoms with E-state index in [0.29, 0.717) is 61.2 Å². The number of anilines is 3. The Kier molecular flexibility index (Phi) is 11.5. The standard InChI is InChI=1S/C45H53F3N10O5/c1-53(29-15-19-55(20-16-29)35-6-4-7-36-41(35)54(2)44(63)58(36)37-13-14-40(60)51-43(37)62)25-27-9-11-30(12-10-27)57-26-28-23-34(38(24-33(28)52-57)56-21-17-31(59)18-22-56)50-42(61)32-5-3-8-39(49-32)45(46,47)48/h3-8,23-24,26-27,29-31,37,59H,9-22,25H2,1-2H3,(H,50,61)(H,51,60,62). The first-order valence-electron chi connectivity index (χ1n) is 22.0. The summed E-state index contributed by atoms with van der Waals surface area (Å²) in [6, 6.07) is 12.8. The normalized spacial score (nSPS) is 22.0. The smallest absolute Gasteiger partial charge is 0.393 e. The lowest BCUT2D eigenvalue weighted by Crippen LogP contribution is -2.45. The van der Waals surface area contributed by atoms with Crippen LogP contribution in [0.4, 0.5) is 30.2 Å². The number of aryl methyl sites for hydroxylation is 1. The number of nitrogens with one attached hydrogen (secondary N) is 2. The van der Waals surface area contributed by atoms with Crippen molar-refractivity contribution >= 4 is 56.7 Å².